The van der Waals surface area contributed by atoms with Gasteiger partial charge in [-0.2, -0.15) is 5.10 Å². The second-order valence-corrected chi connectivity index (χ2v) is 10.7. The number of urea groups is 1. The van der Waals surface area contributed by atoms with Crippen molar-refractivity contribution in [1.82, 2.24) is 40.4 Å². The van der Waals surface area contributed by atoms with Crippen LogP contribution in [0.15, 0.2) is 23.1 Å². The Morgan fingerprint density at radius 3 is 2.35 bits per heavy atom. The van der Waals surface area contributed by atoms with Crippen molar-refractivity contribution in [3.8, 4) is 0 Å². The lowest BCUT2D eigenvalue weighted by Crippen LogP contribution is -2.56. The van der Waals surface area contributed by atoms with Crippen LogP contribution in [0, 0.1) is 6.92 Å². The van der Waals surface area contributed by atoms with E-state index in [-0.39, 0.29) is 31.6 Å². The molecule has 43 heavy (non-hydrogen) atoms. The molecule has 3 aromatic heterocycles. The fourth-order valence-corrected chi connectivity index (χ4v) is 4.66. The number of aryl methyl sites for hydroxylation is 1. The second-order valence-electron chi connectivity index (χ2n) is 10.7. The van der Waals surface area contributed by atoms with E-state index < -0.39 is 36.9 Å². The first-order valence-corrected chi connectivity index (χ1v) is 14.3. The molecule has 2 aliphatic heterocycles. The van der Waals surface area contributed by atoms with Gasteiger partial charge in [-0.15, -0.1) is 0 Å². The first-order chi connectivity index (χ1) is 20.5. The Morgan fingerprint density at radius 1 is 1.05 bits per heavy atom. The molecule has 0 atom stereocenters. The number of hydrogen-bond donors (Lipinski definition) is 2. The summed E-state index contributed by atoms with van der Waals surface area (Å²) in [6.45, 7) is 2.36. The molecule has 1 aliphatic carbocycles. The molecule has 0 bridgehead atoms. The average Bonchev–Trinajstić information content (AvgIpc) is 3.60. The number of nitrogens with zero attached hydrogens (tertiary/aromatic N) is 6. The van der Waals surface area contributed by atoms with E-state index in [1.165, 1.54) is 30.0 Å². The minimum absolute atomic E-state index is 0.0255. The number of hydrogen-bond acceptors (Lipinski definition) is 8. The number of nitrogens with one attached hydrogen (secondary N) is 2. The number of carbonyl (C=O) groups excluding carboxylic acids is 2. The van der Waals surface area contributed by atoms with E-state index in [9.17, 15) is 27.2 Å². The quantitative estimate of drug-likeness (QED) is 0.407. The van der Waals surface area contributed by atoms with Gasteiger partial charge in [0, 0.05) is 32.6 Å². The first kappa shape index (κ1) is 32.1. The van der Waals surface area contributed by atoms with Crippen LogP contribution in [0.1, 0.15) is 78.8 Å². The highest BCUT2D eigenvalue weighted by Crippen LogP contribution is 2.32. The lowest BCUT2D eigenvalue weighted by molar-refractivity contribution is -0.0368. The van der Waals surface area contributed by atoms with Crippen LogP contribution in [-0.2, 0) is 17.8 Å². The third-order valence-corrected chi connectivity index (χ3v) is 6.97. The molecule has 5 heterocycles. The van der Waals surface area contributed by atoms with Gasteiger partial charge >= 0.3 is 6.03 Å². The molecule has 12 nitrogen and oxygen atoms in total. The molecule has 0 aromatic carbocycles. The van der Waals surface area contributed by atoms with Crippen molar-refractivity contribution < 1.29 is 36.5 Å². The molecular weight excluding hydrogens is 576 g/mol. The van der Waals surface area contributed by atoms with Gasteiger partial charge in [0.15, 0.2) is 11.3 Å². The van der Waals surface area contributed by atoms with Crippen molar-refractivity contribution in [2.75, 3.05) is 26.3 Å². The fraction of sp³-hybridized carbons (Fsp3) is 0.630. The lowest BCUT2D eigenvalue weighted by atomic mass is 9.97. The summed E-state index contributed by atoms with van der Waals surface area (Å²) in [7, 11) is 0. The zero-order valence-electron chi connectivity index (χ0n) is 24.0. The Kier molecular flexibility index (Phi) is 10.9. The summed E-state index contributed by atoms with van der Waals surface area (Å²) < 4.78 is 62.5. The van der Waals surface area contributed by atoms with E-state index >= 15 is 0 Å². The third kappa shape index (κ3) is 9.86. The van der Waals surface area contributed by atoms with E-state index in [0.29, 0.717) is 35.4 Å². The summed E-state index contributed by atoms with van der Waals surface area (Å²) in [6.07, 6.45) is 9.69. The summed E-state index contributed by atoms with van der Waals surface area (Å²) in [5.41, 5.74) is 1.99. The monoisotopic (exact) mass is 612 g/mol. The van der Waals surface area contributed by atoms with Crippen LogP contribution in [-0.4, -0.2) is 79.9 Å². The minimum Gasteiger partial charge on any atom is -0.381 e. The summed E-state index contributed by atoms with van der Waals surface area (Å²) in [6, 6.07) is 1.09. The molecule has 0 radical (unpaired) electrons. The zero-order valence-corrected chi connectivity index (χ0v) is 24.0. The zero-order chi connectivity index (χ0) is 30.9. The number of alkyl halides is 4. The highest BCUT2D eigenvalue weighted by molar-refractivity contribution is 5.92. The van der Waals surface area contributed by atoms with Crippen molar-refractivity contribution in [3.05, 3.63) is 41.1 Å². The van der Waals surface area contributed by atoms with Crippen molar-refractivity contribution in [2.45, 2.75) is 83.2 Å². The smallest absolute Gasteiger partial charge is 0.318 e. The molecule has 2 saturated heterocycles. The van der Waals surface area contributed by atoms with Crippen molar-refractivity contribution in [3.63, 3.8) is 0 Å². The van der Waals surface area contributed by atoms with Crippen molar-refractivity contribution >= 4 is 17.6 Å². The molecule has 3 aliphatic rings. The molecule has 16 heteroatoms. The maximum Gasteiger partial charge on any atom is 0.318 e. The molecule has 3 fully saturated rings. The van der Waals surface area contributed by atoms with E-state index in [2.05, 4.69) is 35.7 Å². The highest BCUT2D eigenvalue weighted by Gasteiger charge is 2.38. The predicted molar refractivity (Wildman–Crippen MR) is 145 cm³/mol. The van der Waals surface area contributed by atoms with Crippen LogP contribution in [0.5, 0.6) is 0 Å². The van der Waals surface area contributed by atoms with Gasteiger partial charge in [-0.1, -0.05) is 11.6 Å². The topological polar surface area (TPSA) is 140 Å². The van der Waals surface area contributed by atoms with E-state index in [0.717, 1.165) is 24.5 Å². The fourth-order valence-electron chi connectivity index (χ4n) is 4.66. The van der Waals surface area contributed by atoms with Crippen LogP contribution in [0.4, 0.5) is 22.4 Å². The average molecular weight is 613 g/mol. The molecule has 1 saturated carbocycles. The molecule has 0 spiro atoms. The summed E-state index contributed by atoms with van der Waals surface area (Å²) in [5, 5.41) is 16.1. The number of rotatable bonds is 5. The van der Waals surface area contributed by atoms with Crippen molar-refractivity contribution in [1.29, 1.82) is 0 Å². The maximum atomic E-state index is 13.5. The molecular formula is C27H36F4N8O4. The van der Waals surface area contributed by atoms with Crippen LogP contribution in [0.2, 0.25) is 0 Å². The Bertz CT molecular complexity index is 1340. The first-order valence-electron chi connectivity index (χ1n) is 14.3. The van der Waals surface area contributed by atoms with Gasteiger partial charge in [0.25, 0.3) is 11.8 Å². The second kappa shape index (κ2) is 14.6. The van der Waals surface area contributed by atoms with Gasteiger partial charge in [-0.05, 0) is 55.8 Å². The van der Waals surface area contributed by atoms with E-state index in [4.69, 9.17) is 4.74 Å². The van der Waals surface area contributed by atoms with Gasteiger partial charge in [-0.3, -0.25) is 4.79 Å². The Morgan fingerprint density at radius 2 is 1.77 bits per heavy atom. The third-order valence-electron chi connectivity index (χ3n) is 6.97. The number of aromatic nitrogens is 5. The largest absolute Gasteiger partial charge is 0.381 e. The normalized spacial score (nSPS) is 19.4. The lowest BCUT2D eigenvalue weighted by Gasteiger charge is -2.32. The SMILES string of the molecule is C1CCOCC1.Cc1nonc1C(=O)NCc1cn2ncc(CN3CC(F)(F)CNC3=O)cc2n1.FC1(F)CCCCC1. The van der Waals surface area contributed by atoms with E-state index in [1.54, 1.807) is 19.2 Å². The van der Waals surface area contributed by atoms with Crippen LogP contribution in [0.3, 0.4) is 0 Å². The van der Waals surface area contributed by atoms with Crippen LogP contribution >= 0.6 is 0 Å². The molecule has 3 amide bonds. The molecule has 2 N–H and O–H groups in total. The maximum absolute atomic E-state index is 13.5. The number of ether oxygens (including phenoxy) is 1. The number of amides is 3. The minimum atomic E-state index is -2.98. The van der Waals surface area contributed by atoms with Gasteiger partial charge in [0.05, 0.1) is 37.7 Å². The molecule has 236 valence electrons. The van der Waals surface area contributed by atoms with Gasteiger partial charge in [0.1, 0.15) is 5.69 Å². The molecule has 0 unspecified atom stereocenters. The van der Waals surface area contributed by atoms with Gasteiger partial charge in [-0.25, -0.2) is 36.5 Å². The summed E-state index contributed by atoms with van der Waals surface area (Å²) >= 11 is 0. The number of fused-ring (bicyclic) bond motifs is 1. The standard InChI is InChI=1S/C16H16F2N8O3.C6H10F2.C5H10O/c1-9-13(24-29-23-9)14(27)19-4-11-6-26-12(22-11)2-10(3-21-26)5-25-8-16(17,18)7-20-15(25)28;7-6(8)4-2-1-3-5-6;1-2-4-6-5-3-1/h2-3,6H,4-5,7-8H2,1H3,(H,19,27)(H,20,28);1-5H2;1-5H2. The van der Waals surface area contributed by atoms with Crippen LogP contribution < -0.4 is 10.6 Å². The van der Waals surface area contributed by atoms with Gasteiger partial charge < -0.3 is 20.3 Å². The number of halogens is 4. The van der Waals surface area contributed by atoms with E-state index in [1.807, 2.05) is 0 Å². The number of imidazole rings is 1. The predicted octanol–water partition coefficient (Wildman–Crippen LogP) is 4.28. The van der Waals surface area contributed by atoms with Crippen LogP contribution in [0.25, 0.3) is 5.65 Å². The Hall–Kier alpha value is -3.82. The Balaban J connectivity index is 0.000000246. The summed E-state index contributed by atoms with van der Waals surface area (Å²) in [5.74, 6) is -5.76. The summed E-state index contributed by atoms with van der Waals surface area (Å²) in [4.78, 5) is 29.2. The highest BCUT2D eigenvalue weighted by atomic mass is 19.3. The number of carbonyl (C=O) groups is 2. The van der Waals surface area contributed by atoms with Gasteiger partial charge in [0.2, 0.25) is 5.92 Å². The van der Waals surface area contributed by atoms with Crippen molar-refractivity contribution in [2.24, 2.45) is 0 Å². The molecule has 6 rings (SSSR count). The Labute approximate surface area is 245 Å². The molecule has 3 aromatic rings.